The lowest BCUT2D eigenvalue weighted by Gasteiger charge is -2.16. The van der Waals surface area contributed by atoms with Crippen molar-refractivity contribution < 1.29 is 4.74 Å². The smallest absolute Gasteiger partial charge is 0.203 e. The molecule has 0 aliphatic rings. The van der Waals surface area contributed by atoms with Gasteiger partial charge in [-0.1, -0.05) is 0 Å². The first-order valence-electron chi connectivity index (χ1n) is 7.34. The molecule has 116 valence electrons. The monoisotopic (exact) mass is 292 g/mol. The molecule has 21 heavy (non-hydrogen) atoms. The van der Waals surface area contributed by atoms with E-state index in [1.165, 1.54) is 0 Å². The number of nitrogens with one attached hydrogen (secondary N) is 1. The van der Waals surface area contributed by atoms with E-state index in [1.807, 2.05) is 31.7 Å². The lowest BCUT2D eigenvalue weighted by molar-refractivity contribution is 0.147. The van der Waals surface area contributed by atoms with Crippen LogP contribution in [0.3, 0.4) is 0 Å². The molecule has 2 rings (SSSR count). The molecule has 0 spiro atoms. The number of ether oxygens (including phenoxy) is 1. The van der Waals surface area contributed by atoms with Gasteiger partial charge in [0.15, 0.2) is 5.82 Å². The third-order valence-electron chi connectivity index (χ3n) is 3.34. The average Bonchev–Trinajstić information content (AvgIpc) is 3.04. The zero-order chi connectivity index (χ0) is 15.2. The molecule has 7 heteroatoms. The fourth-order valence-electron chi connectivity index (χ4n) is 2.26. The van der Waals surface area contributed by atoms with Crippen LogP contribution in [-0.2, 0) is 11.8 Å². The van der Waals surface area contributed by atoms with Gasteiger partial charge in [0, 0.05) is 33.0 Å². The Morgan fingerprint density at radius 3 is 2.90 bits per heavy atom. The van der Waals surface area contributed by atoms with Gasteiger partial charge in [0.05, 0.1) is 11.7 Å². The molecule has 0 aromatic carbocycles. The molecule has 0 fully saturated rings. The van der Waals surface area contributed by atoms with Crippen LogP contribution in [0.15, 0.2) is 12.5 Å². The standard InChI is InChI=1S/C14H24N6O/c1-5-21-8-6-7-15-14-17-11(2)9-20(14)12(3)13-18-16-10-19(13)4/h9-10,12H,5-8H2,1-4H3,(H,15,17). The summed E-state index contributed by atoms with van der Waals surface area (Å²) in [5, 5.41) is 11.5. The summed E-state index contributed by atoms with van der Waals surface area (Å²) in [7, 11) is 1.95. The summed E-state index contributed by atoms with van der Waals surface area (Å²) in [6, 6.07) is 0.0769. The molecule has 0 saturated heterocycles. The van der Waals surface area contributed by atoms with Gasteiger partial charge in [0.2, 0.25) is 5.95 Å². The average molecular weight is 292 g/mol. The van der Waals surface area contributed by atoms with Crippen molar-refractivity contribution in [3.63, 3.8) is 0 Å². The number of hydrogen-bond donors (Lipinski definition) is 1. The molecule has 0 bridgehead atoms. The first-order valence-corrected chi connectivity index (χ1v) is 7.34. The molecule has 1 unspecified atom stereocenters. The van der Waals surface area contributed by atoms with Crippen molar-refractivity contribution in [2.24, 2.45) is 7.05 Å². The van der Waals surface area contributed by atoms with Crippen LogP contribution in [0.5, 0.6) is 0 Å². The van der Waals surface area contributed by atoms with Gasteiger partial charge >= 0.3 is 0 Å². The summed E-state index contributed by atoms with van der Waals surface area (Å²) >= 11 is 0. The normalized spacial score (nSPS) is 12.6. The zero-order valence-corrected chi connectivity index (χ0v) is 13.2. The molecule has 1 atom stereocenters. The van der Waals surface area contributed by atoms with Gasteiger partial charge in [-0.05, 0) is 27.2 Å². The van der Waals surface area contributed by atoms with Crippen molar-refractivity contribution >= 4 is 5.95 Å². The van der Waals surface area contributed by atoms with E-state index in [9.17, 15) is 0 Å². The molecule has 2 aromatic heterocycles. The molecule has 0 radical (unpaired) electrons. The van der Waals surface area contributed by atoms with E-state index in [-0.39, 0.29) is 6.04 Å². The number of aromatic nitrogens is 5. The van der Waals surface area contributed by atoms with Crippen LogP contribution < -0.4 is 5.32 Å². The van der Waals surface area contributed by atoms with Crippen molar-refractivity contribution in [2.45, 2.75) is 33.2 Å². The fourth-order valence-corrected chi connectivity index (χ4v) is 2.26. The Morgan fingerprint density at radius 2 is 2.24 bits per heavy atom. The number of aryl methyl sites for hydroxylation is 2. The SMILES string of the molecule is CCOCCCNc1nc(C)cn1C(C)c1nncn1C. The molecule has 1 N–H and O–H groups in total. The van der Waals surface area contributed by atoms with Crippen molar-refractivity contribution in [3.05, 3.63) is 24.0 Å². The minimum Gasteiger partial charge on any atom is -0.382 e. The molecule has 0 amide bonds. The number of hydrogen-bond acceptors (Lipinski definition) is 5. The summed E-state index contributed by atoms with van der Waals surface area (Å²) in [5.74, 6) is 1.77. The molecule has 0 saturated carbocycles. The minimum absolute atomic E-state index is 0.0769. The van der Waals surface area contributed by atoms with E-state index >= 15 is 0 Å². The molecular weight excluding hydrogens is 268 g/mol. The zero-order valence-electron chi connectivity index (χ0n) is 13.2. The van der Waals surface area contributed by atoms with E-state index in [4.69, 9.17) is 4.74 Å². The maximum atomic E-state index is 5.34. The summed E-state index contributed by atoms with van der Waals surface area (Å²) in [4.78, 5) is 4.54. The van der Waals surface area contributed by atoms with Gasteiger partial charge in [-0.2, -0.15) is 0 Å². The van der Waals surface area contributed by atoms with E-state index in [0.29, 0.717) is 0 Å². The second kappa shape index (κ2) is 7.21. The Balaban J connectivity index is 2.04. The first kappa shape index (κ1) is 15.5. The summed E-state index contributed by atoms with van der Waals surface area (Å²) in [6.45, 7) is 8.45. The Hall–Kier alpha value is -1.89. The maximum absolute atomic E-state index is 5.34. The Labute approximate surface area is 125 Å². The predicted molar refractivity (Wildman–Crippen MR) is 81.4 cm³/mol. The Bertz CT molecular complexity index is 562. The fraction of sp³-hybridized carbons (Fsp3) is 0.643. The van der Waals surface area contributed by atoms with Gasteiger partial charge in [0.1, 0.15) is 6.33 Å². The van der Waals surface area contributed by atoms with Crippen molar-refractivity contribution in [3.8, 4) is 0 Å². The van der Waals surface area contributed by atoms with Crippen LogP contribution in [-0.4, -0.2) is 44.1 Å². The van der Waals surface area contributed by atoms with Gasteiger partial charge in [-0.15, -0.1) is 10.2 Å². The Morgan fingerprint density at radius 1 is 1.43 bits per heavy atom. The highest BCUT2D eigenvalue weighted by Gasteiger charge is 2.17. The number of anilines is 1. The lowest BCUT2D eigenvalue weighted by atomic mass is 10.3. The highest BCUT2D eigenvalue weighted by Crippen LogP contribution is 2.20. The van der Waals surface area contributed by atoms with Crippen LogP contribution in [0.25, 0.3) is 0 Å². The van der Waals surface area contributed by atoms with Gasteiger partial charge in [0.25, 0.3) is 0 Å². The van der Waals surface area contributed by atoms with E-state index in [1.54, 1.807) is 6.33 Å². The molecule has 0 aliphatic carbocycles. The van der Waals surface area contributed by atoms with Crippen LogP contribution in [0.4, 0.5) is 5.95 Å². The molecule has 2 heterocycles. The van der Waals surface area contributed by atoms with Crippen molar-refractivity contribution in [1.82, 2.24) is 24.3 Å². The summed E-state index contributed by atoms with van der Waals surface area (Å²) < 4.78 is 9.37. The quantitative estimate of drug-likeness (QED) is 0.751. The maximum Gasteiger partial charge on any atom is 0.203 e. The third-order valence-corrected chi connectivity index (χ3v) is 3.34. The first-order chi connectivity index (χ1) is 10.1. The predicted octanol–water partition coefficient (Wildman–Crippen LogP) is 1.77. The van der Waals surface area contributed by atoms with Crippen LogP contribution in [0.1, 0.15) is 37.8 Å². The molecule has 7 nitrogen and oxygen atoms in total. The number of nitrogens with zero attached hydrogens (tertiary/aromatic N) is 5. The number of imidazole rings is 1. The number of rotatable bonds is 8. The van der Waals surface area contributed by atoms with Gasteiger partial charge < -0.3 is 19.2 Å². The van der Waals surface area contributed by atoms with Crippen LogP contribution in [0.2, 0.25) is 0 Å². The van der Waals surface area contributed by atoms with Gasteiger partial charge in [-0.3, -0.25) is 0 Å². The highest BCUT2D eigenvalue weighted by molar-refractivity contribution is 5.30. The molecular formula is C14H24N6O. The molecule has 0 aliphatic heterocycles. The second-order valence-electron chi connectivity index (χ2n) is 5.07. The van der Waals surface area contributed by atoms with E-state index < -0.39 is 0 Å². The van der Waals surface area contributed by atoms with Crippen molar-refractivity contribution in [2.75, 3.05) is 25.1 Å². The van der Waals surface area contributed by atoms with Gasteiger partial charge in [-0.25, -0.2) is 4.98 Å². The molecule has 2 aromatic rings. The topological polar surface area (TPSA) is 69.8 Å². The minimum atomic E-state index is 0.0769. The highest BCUT2D eigenvalue weighted by atomic mass is 16.5. The lowest BCUT2D eigenvalue weighted by Crippen LogP contribution is -2.16. The Kier molecular flexibility index (Phi) is 5.32. The summed E-state index contributed by atoms with van der Waals surface area (Å²) in [5.41, 5.74) is 0.983. The van der Waals surface area contributed by atoms with Crippen molar-refractivity contribution in [1.29, 1.82) is 0 Å². The van der Waals surface area contributed by atoms with Crippen LogP contribution in [0, 0.1) is 6.92 Å². The van der Waals surface area contributed by atoms with E-state index in [0.717, 1.165) is 43.6 Å². The second-order valence-corrected chi connectivity index (χ2v) is 5.07. The third kappa shape index (κ3) is 3.81. The largest absolute Gasteiger partial charge is 0.382 e. The summed E-state index contributed by atoms with van der Waals surface area (Å²) in [6.07, 6.45) is 4.70. The van der Waals surface area contributed by atoms with E-state index in [2.05, 4.69) is 32.0 Å². The van der Waals surface area contributed by atoms with Crippen LogP contribution >= 0.6 is 0 Å².